The third-order valence-electron chi connectivity index (χ3n) is 7.73. The summed E-state index contributed by atoms with van der Waals surface area (Å²) in [7, 11) is 0. The van der Waals surface area contributed by atoms with E-state index < -0.39 is 12.2 Å². The molecule has 46 heavy (non-hydrogen) atoms. The number of aliphatic hydroxyl groups excluding tert-OH is 2. The van der Waals surface area contributed by atoms with E-state index in [1.54, 1.807) is 23.5 Å². The van der Waals surface area contributed by atoms with Crippen LogP contribution in [-0.2, 0) is 31.1 Å². The number of benzene rings is 2. The van der Waals surface area contributed by atoms with E-state index in [0.717, 1.165) is 44.9 Å². The normalized spacial score (nSPS) is 14.5. The standard InChI is InChI=1S/C38H62O6S2/c1-35(2,3)29-17-27(18-30(33(29)41)36(4,5)6)45-23-25(39)21-43-15-13-14-16-44-22-26(40)24-46-28-19-31(37(7,8)9)34(42)32(20-28)38(10,11)12/h17-20,25-26,39-42H,13-16,21-24H2,1-12H3. The lowest BCUT2D eigenvalue weighted by Gasteiger charge is -2.28. The number of ether oxygens (including phenoxy) is 2. The molecule has 0 aromatic heterocycles. The molecule has 0 radical (unpaired) electrons. The second-order valence-corrected chi connectivity index (χ2v) is 18.7. The largest absolute Gasteiger partial charge is 0.507 e. The molecule has 0 bridgehead atoms. The SMILES string of the molecule is CC(C)(C)c1cc(SCC(O)COCCCCOCC(O)CSc2cc(C(C)(C)C)c(O)c(C(C)(C)C)c2)cc(C(C)(C)C)c1O. The number of thioether (sulfide) groups is 2. The number of aromatic hydroxyl groups is 2. The number of unbranched alkanes of at least 4 members (excludes halogenated alkanes) is 1. The van der Waals surface area contributed by atoms with E-state index >= 15 is 0 Å². The fourth-order valence-corrected chi connectivity index (χ4v) is 6.76. The van der Waals surface area contributed by atoms with Gasteiger partial charge in [-0.1, -0.05) is 83.1 Å². The predicted octanol–water partition coefficient (Wildman–Crippen LogP) is 8.71. The van der Waals surface area contributed by atoms with Crippen LogP contribution in [0.5, 0.6) is 11.5 Å². The highest BCUT2D eigenvalue weighted by Crippen LogP contribution is 2.43. The molecule has 0 heterocycles. The molecule has 2 aromatic rings. The molecule has 0 aliphatic carbocycles. The van der Waals surface area contributed by atoms with Gasteiger partial charge in [-0.05, 0) is 58.8 Å². The summed E-state index contributed by atoms with van der Waals surface area (Å²) in [6.45, 7) is 26.8. The highest BCUT2D eigenvalue weighted by molar-refractivity contribution is 7.99. The lowest BCUT2D eigenvalue weighted by Crippen LogP contribution is -2.20. The zero-order valence-corrected chi connectivity index (χ0v) is 32.2. The van der Waals surface area contributed by atoms with Crippen LogP contribution in [0.4, 0.5) is 0 Å². The first-order chi connectivity index (χ1) is 21.0. The Bertz CT molecular complexity index is 1080. The number of aliphatic hydroxyl groups is 2. The van der Waals surface area contributed by atoms with Gasteiger partial charge in [0, 0.05) is 56.8 Å². The maximum absolute atomic E-state index is 10.9. The molecular weight excluding hydrogens is 617 g/mol. The van der Waals surface area contributed by atoms with Crippen molar-refractivity contribution in [1.29, 1.82) is 0 Å². The second-order valence-electron chi connectivity index (χ2n) is 16.5. The Morgan fingerprint density at radius 2 is 0.783 bits per heavy atom. The molecule has 2 atom stereocenters. The molecule has 0 aliphatic rings. The van der Waals surface area contributed by atoms with Crippen LogP contribution in [0.3, 0.4) is 0 Å². The fourth-order valence-electron chi connectivity index (χ4n) is 5.00. The van der Waals surface area contributed by atoms with Gasteiger partial charge in [0.05, 0.1) is 25.4 Å². The molecule has 6 nitrogen and oxygen atoms in total. The van der Waals surface area contributed by atoms with E-state index in [1.165, 1.54) is 0 Å². The van der Waals surface area contributed by atoms with Crippen molar-refractivity contribution in [1.82, 2.24) is 0 Å². The third kappa shape index (κ3) is 12.9. The predicted molar refractivity (Wildman–Crippen MR) is 195 cm³/mol. The summed E-state index contributed by atoms with van der Waals surface area (Å²) < 4.78 is 11.4. The number of rotatable bonds is 15. The summed E-state index contributed by atoms with van der Waals surface area (Å²) in [4.78, 5) is 2.08. The molecular formula is C38H62O6S2. The van der Waals surface area contributed by atoms with Crippen LogP contribution >= 0.6 is 23.5 Å². The molecule has 0 amide bonds. The van der Waals surface area contributed by atoms with Gasteiger partial charge in [-0.25, -0.2) is 0 Å². The molecule has 0 saturated carbocycles. The highest BCUT2D eigenvalue weighted by atomic mass is 32.2. The second kappa shape index (κ2) is 16.8. The van der Waals surface area contributed by atoms with Crippen molar-refractivity contribution < 1.29 is 29.9 Å². The molecule has 0 fully saturated rings. The first kappa shape index (κ1) is 40.8. The Balaban J connectivity index is 1.71. The average Bonchev–Trinajstić information content (AvgIpc) is 2.90. The maximum atomic E-state index is 10.9. The Hall–Kier alpha value is -1.42. The van der Waals surface area contributed by atoms with Crippen molar-refractivity contribution in [3.8, 4) is 11.5 Å². The molecule has 2 aromatic carbocycles. The molecule has 0 spiro atoms. The number of hydrogen-bond acceptors (Lipinski definition) is 8. The summed E-state index contributed by atoms with van der Waals surface area (Å²) in [6.07, 6.45) is 0.439. The Labute approximate surface area is 288 Å². The van der Waals surface area contributed by atoms with Gasteiger partial charge in [0.2, 0.25) is 0 Å². The minimum Gasteiger partial charge on any atom is -0.507 e. The van der Waals surface area contributed by atoms with Crippen LogP contribution in [0.15, 0.2) is 34.1 Å². The molecule has 2 unspecified atom stereocenters. The van der Waals surface area contributed by atoms with E-state index in [1.807, 2.05) is 24.3 Å². The van der Waals surface area contributed by atoms with Crippen LogP contribution in [0.1, 0.15) is 118 Å². The van der Waals surface area contributed by atoms with Gasteiger partial charge in [-0.15, -0.1) is 23.5 Å². The molecule has 2 rings (SSSR count). The topological polar surface area (TPSA) is 99.4 Å². The van der Waals surface area contributed by atoms with Crippen molar-refractivity contribution in [2.45, 2.75) is 140 Å². The van der Waals surface area contributed by atoms with Crippen molar-refractivity contribution >= 4 is 23.5 Å². The monoisotopic (exact) mass is 678 g/mol. The van der Waals surface area contributed by atoms with Gasteiger partial charge in [0.1, 0.15) is 11.5 Å². The molecule has 262 valence electrons. The number of hydrogen-bond donors (Lipinski definition) is 4. The lowest BCUT2D eigenvalue weighted by atomic mass is 9.79. The minimum absolute atomic E-state index is 0.191. The highest BCUT2D eigenvalue weighted by Gasteiger charge is 2.28. The van der Waals surface area contributed by atoms with Crippen LogP contribution in [0.25, 0.3) is 0 Å². The number of phenolic OH excluding ortho intramolecular Hbond substituents is 2. The van der Waals surface area contributed by atoms with Crippen molar-refractivity contribution in [2.24, 2.45) is 0 Å². The summed E-state index contributed by atoms with van der Waals surface area (Å²) >= 11 is 3.17. The van der Waals surface area contributed by atoms with Gasteiger partial charge in [0.15, 0.2) is 0 Å². The summed E-state index contributed by atoms with van der Waals surface area (Å²) in [6, 6.07) is 8.16. The maximum Gasteiger partial charge on any atom is 0.123 e. The van der Waals surface area contributed by atoms with Crippen molar-refractivity contribution in [3.63, 3.8) is 0 Å². The third-order valence-corrected chi connectivity index (χ3v) is 9.97. The molecule has 0 saturated heterocycles. The molecule has 0 aliphatic heterocycles. The van der Waals surface area contributed by atoms with E-state index in [9.17, 15) is 20.4 Å². The first-order valence-electron chi connectivity index (χ1n) is 16.5. The number of phenols is 2. The zero-order chi connectivity index (χ0) is 35.1. The van der Waals surface area contributed by atoms with E-state index in [0.29, 0.717) is 36.2 Å². The summed E-state index contributed by atoms with van der Waals surface area (Å²) in [5.41, 5.74) is 2.92. The van der Waals surface area contributed by atoms with Gasteiger partial charge in [0.25, 0.3) is 0 Å². The van der Waals surface area contributed by atoms with Gasteiger partial charge in [-0.3, -0.25) is 0 Å². The lowest BCUT2D eigenvalue weighted by molar-refractivity contribution is 0.0316. The van der Waals surface area contributed by atoms with Crippen molar-refractivity contribution in [2.75, 3.05) is 37.9 Å². The van der Waals surface area contributed by atoms with Gasteiger partial charge < -0.3 is 29.9 Å². The Kier molecular flexibility index (Phi) is 14.9. The molecule has 8 heteroatoms. The van der Waals surface area contributed by atoms with Gasteiger partial charge >= 0.3 is 0 Å². The van der Waals surface area contributed by atoms with E-state index in [4.69, 9.17) is 9.47 Å². The van der Waals surface area contributed by atoms with Gasteiger partial charge in [-0.2, -0.15) is 0 Å². The average molecular weight is 679 g/mol. The van der Waals surface area contributed by atoms with E-state index in [-0.39, 0.29) is 34.9 Å². The summed E-state index contributed by atoms with van der Waals surface area (Å²) in [5.74, 6) is 1.75. The van der Waals surface area contributed by atoms with E-state index in [2.05, 4.69) is 83.1 Å². The Morgan fingerprint density at radius 1 is 0.522 bits per heavy atom. The fraction of sp³-hybridized carbons (Fsp3) is 0.684. The van der Waals surface area contributed by atoms with Crippen LogP contribution in [0, 0.1) is 0 Å². The summed E-state index contributed by atoms with van der Waals surface area (Å²) in [5, 5.41) is 42.9. The van der Waals surface area contributed by atoms with Crippen molar-refractivity contribution in [3.05, 3.63) is 46.5 Å². The smallest absolute Gasteiger partial charge is 0.123 e. The molecule has 4 N–H and O–H groups in total. The van der Waals surface area contributed by atoms with Crippen LogP contribution in [0.2, 0.25) is 0 Å². The zero-order valence-electron chi connectivity index (χ0n) is 30.5. The Morgan fingerprint density at radius 3 is 1.02 bits per heavy atom. The van der Waals surface area contributed by atoms with Crippen LogP contribution < -0.4 is 0 Å². The quantitative estimate of drug-likeness (QED) is 0.110. The minimum atomic E-state index is -0.591. The van der Waals surface area contributed by atoms with Crippen LogP contribution in [-0.4, -0.2) is 70.6 Å². The first-order valence-corrected chi connectivity index (χ1v) is 18.5.